The highest BCUT2D eigenvalue weighted by Crippen LogP contribution is 2.38. The molecule has 0 saturated heterocycles. The van der Waals surface area contributed by atoms with Crippen molar-refractivity contribution < 1.29 is 8.42 Å². The number of aromatic nitrogens is 3. The fraction of sp³-hybridized carbons (Fsp3) is 0.500. The molecule has 1 aromatic carbocycles. The number of pyridine rings is 1. The van der Waals surface area contributed by atoms with Gasteiger partial charge in [-0.2, -0.15) is 5.10 Å². The smallest absolute Gasteiger partial charge is 0.261 e. The molecule has 0 bridgehead atoms. The molecule has 0 radical (unpaired) electrons. The summed E-state index contributed by atoms with van der Waals surface area (Å²) in [5.41, 5.74) is 0.632. The molecule has 0 spiro atoms. The minimum Gasteiger partial charge on any atom is -0.338 e. The lowest BCUT2D eigenvalue weighted by molar-refractivity contribution is 0.200. The van der Waals surface area contributed by atoms with E-state index in [1.54, 1.807) is 30.5 Å². The Balaban J connectivity index is 1.45. The van der Waals surface area contributed by atoms with Gasteiger partial charge >= 0.3 is 0 Å². The second kappa shape index (κ2) is 10.1. The minimum absolute atomic E-state index is 0.00818. The maximum atomic E-state index is 12.8. The Labute approximate surface area is 211 Å². The molecule has 3 aromatic rings. The first kappa shape index (κ1) is 24.5. The SMILES string of the molecule is [C-]#[N+]CC1(n2nc(Nc3ccc(S(=O)(=O)NC4CCCCC4)cc3)c3c(=O)[nH]ccc32)CCCCC1. The van der Waals surface area contributed by atoms with Gasteiger partial charge in [-0.25, -0.2) is 24.4 Å². The molecule has 9 nitrogen and oxygen atoms in total. The van der Waals surface area contributed by atoms with Gasteiger partial charge in [0.25, 0.3) is 5.56 Å². The van der Waals surface area contributed by atoms with Gasteiger partial charge in [0.1, 0.15) is 10.9 Å². The number of benzene rings is 1. The molecule has 0 aliphatic heterocycles. The molecule has 190 valence electrons. The molecule has 3 N–H and O–H groups in total. The zero-order valence-electron chi connectivity index (χ0n) is 20.3. The lowest BCUT2D eigenvalue weighted by atomic mass is 9.81. The molecule has 0 unspecified atom stereocenters. The number of nitrogens with zero attached hydrogens (tertiary/aromatic N) is 3. The molecule has 0 atom stereocenters. The van der Waals surface area contributed by atoms with Crippen molar-refractivity contribution in [2.45, 2.75) is 80.7 Å². The highest BCUT2D eigenvalue weighted by Gasteiger charge is 2.40. The first-order chi connectivity index (χ1) is 17.4. The first-order valence-corrected chi connectivity index (χ1v) is 14.2. The van der Waals surface area contributed by atoms with E-state index in [-0.39, 0.29) is 16.5 Å². The third-order valence-electron chi connectivity index (χ3n) is 7.57. The second-order valence-corrected chi connectivity index (χ2v) is 11.7. The van der Waals surface area contributed by atoms with Crippen molar-refractivity contribution in [2.75, 3.05) is 11.9 Å². The van der Waals surface area contributed by atoms with Crippen LogP contribution in [0.3, 0.4) is 0 Å². The van der Waals surface area contributed by atoms with E-state index in [1.165, 1.54) is 0 Å². The Hall–Kier alpha value is -3.16. The van der Waals surface area contributed by atoms with Crippen LogP contribution < -0.4 is 15.6 Å². The van der Waals surface area contributed by atoms with Gasteiger partial charge in [-0.05, 0) is 56.0 Å². The van der Waals surface area contributed by atoms with Gasteiger partial charge in [0.2, 0.25) is 16.6 Å². The van der Waals surface area contributed by atoms with Crippen LogP contribution >= 0.6 is 0 Å². The lowest BCUT2D eigenvalue weighted by Gasteiger charge is -2.33. The first-order valence-electron chi connectivity index (χ1n) is 12.8. The fourth-order valence-electron chi connectivity index (χ4n) is 5.68. The Morgan fingerprint density at radius 2 is 1.75 bits per heavy atom. The number of anilines is 2. The van der Waals surface area contributed by atoms with E-state index in [2.05, 4.69) is 19.9 Å². The van der Waals surface area contributed by atoms with E-state index in [9.17, 15) is 13.2 Å². The summed E-state index contributed by atoms with van der Waals surface area (Å²) in [6.07, 6.45) is 11.5. The molecule has 0 amide bonds. The minimum atomic E-state index is -3.60. The second-order valence-electron chi connectivity index (χ2n) is 10.0. The molecule has 2 saturated carbocycles. The standard InChI is InChI=1S/C26H32N6O3S/c1-27-18-26(15-6-3-7-16-26)32-22-14-17-28-25(33)23(22)24(30-32)29-19-10-12-21(13-11-19)36(34,35)31-20-8-4-2-5-9-20/h10-14,17,20,31H,2-9,15-16,18H2,(H,28,33)(H,29,30). The summed E-state index contributed by atoms with van der Waals surface area (Å²) in [4.78, 5) is 19.5. The summed E-state index contributed by atoms with van der Waals surface area (Å²) in [6, 6.07) is 8.34. The third kappa shape index (κ3) is 4.77. The number of H-pyrrole nitrogens is 1. The molecule has 10 heteroatoms. The molecular formula is C26H32N6O3S. The summed E-state index contributed by atoms with van der Waals surface area (Å²) in [7, 11) is -3.60. The van der Waals surface area contributed by atoms with E-state index in [4.69, 9.17) is 11.7 Å². The zero-order chi connectivity index (χ0) is 25.2. The van der Waals surface area contributed by atoms with Crippen molar-refractivity contribution in [3.63, 3.8) is 0 Å². The van der Waals surface area contributed by atoms with E-state index < -0.39 is 15.6 Å². The Kier molecular flexibility index (Phi) is 6.86. The molecule has 2 heterocycles. The highest BCUT2D eigenvalue weighted by atomic mass is 32.2. The van der Waals surface area contributed by atoms with Crippen molar-refractivity contribution in [1.82, 2.24) is 19.5 Å². The number of hydrogen-bond donors (Lipinski definition) is 3. The summed E-state index contributed by atoms with van der Waals surface area (Å²) >= 11 is 0. The fourth-order valence-corrected chi connectivity index (χ4v) is 6.99. The molecule has 2 aliphatic carbocycles. The number of fused-ring (bicyclic) bond motifs is 1. The summed E-state index contributed by atoms with van der Waals surface area (Å²) in [5, 5.41) is 8.48. The Bertz CT molecular complexity index is 1420. The molecule has 2 fully saturated rings. The molecule has 36 heavy (non-hydrogen) atoms. The predicted molar refractivity (Wildman–Crippen MR) is 140 cm³/mol. The van der Waals surface area contributed by atoms with Crippen LogP contribution in [0.4, 0.5) is 11.5 Å². The Morgan fingerprint density at radius 1 is 1.06 bits per heavy atom. The number of hydrogen-bond acceptors (Lipinski definition) is 5. The summed E-state index contributed by atoms with van der Waals surface area (Å²) in [6.45, 7) is 7.86. The van der Waals surface area contributed by atoms with Crippen LogP contribution in [0.15, 0.2) is 46.2 Å². The Morgan fingerprint density at radius 3 is 2.44 bits per heavy atom. The van der Waals surface area contributed by atoms with E-state index in [0.29, 0.717) is 29.0 Å². The van der Waals surface area contributed by atoms with Crippen LogP contribution in [0, 0.1) is 6.57 Å². The van der Waals surface area contributed by atoms with Crippen molar-refractivity contribution in [3.05, 3.63) is 58.3 Å². The maximum absolute atomic E-state index is 12.8. The topological polar surface area (TPSA) is 113 Å². The monoisotopic (exact) mass is 508 g/mol. The van der Waals surface area contributed by atoms with Gasteiger partial charge in [-0.1, -0.05) is 38.5 Å². The zero-order valence-corrected chi connectivity index (χ0v) is 21.1. The average molecular weight is 509 g/mol. The highest BCUT2D eigenvalue weighted by molar-refractivity contribution is 7.89. The normalized spacial score (nSPS) is 18.6. The van der Waals surface area contributed by atoms with Gasteiger partial charge in [0.05, 0.1) is 10.4 Å². The summed E-state index contributed by atoms with van der Waals surface area (Å²) in [5.74, 6) is 0.401. The largest absolute Gasteiger partial charge is 0.338 e. The van der Waals surface area contributed by atoms with Crippen molar-refractivity contribution >= 4 is 32.4 Å². The van der Waals surface area contributed by atoms with Crippen LogP contribution in [0.1, 0.15) is 64.2 Å². The molecular weight excluding hydrogens is 476 g/mol. The van der Waals surface area contributed by atoms with E-state index in [1.807, 2.05) is 10.7 Å². The van der Waals surface area contributed by atoms with Gasteiger partial charge in [-0.15, -0.1) is 0 Å². The van der Waals surface area contributed by atoms with Gasteiger partial charge in [-0.3, -0.25) is 4.79 Å². The van der Waals surface area contributed by atoms with Crippen LogP contribution in [0.2, 0.25) is 0 Å². The molecule has 5 rings (SSSR count). The van der Waals surface area contributed by atoms with Crippen LogP contribution in [0.25, 0.3) is 15.7 Å². The average Bonchev–Trinajstić information content (AvgIpc) is 3.26. The number of nitrogens with one attached hydrogen (secondary N) is 3. The van der Waals surface area contributed by atoms with Crippen molar-refractivity contribution in [3.8, 4) is 0 Å². The maximum Gasteiger partial charge on any atom is 0.261 e. The van der Waals surface area contributed by atoms with E-state index in [0.717, 1.165) is 64.2 Å². The van der Waals surface area contributed by atoms with Gasteiger partial charge in [0.15, 0.2) is 5.82 Å². The molecule has 2 aromatic heterocycles. The van der Waals surface area contributed by atoms with Crippen LogP contribution in [-0.2, 0) is 15.6 Å². The lowest BCUT2D eigenvalue weighted by Crippen LogP contribution is -2.39. The number of rotatable bonds is 7. The van der Waals surface area contributed by atoms with Crippen LogP contribution in [0.5, 0.6) is 0 Å². The van der Waals surface area contributed by atoms with Crippen molar-refractivity contribution in [1.29, 1.82) is 0 Å². The van der Waals surface area contributed by atoms with Crippen molar-refractivity contribution in [2.24, 2.45) is 0 Å². The number of sulfonamides is 1. The van der Waals surface area contributed by atoms with Gasteiger partial charge in [0, 0.05) is 17.9 Å². The quantitative estimate of drug-likeness (QED) is 0.402. The van der Waals surface area contributed by atoms with E-state index >= 15 is 0 Å². The van der Waals surface area contributed by atoms with Crippen LogP contribution in [-0.4, -0.2) is 35.8 Å². The predicted octanol–water partition coefficient (Wildman–Crippen LogP) is 4.66. The number of aromatic amines is 1. The summed E-state index contributed by atoms with van der Waals surface area (Å²) < 4.78 is 30.4. The molecule has 2 aliphatic rings. The third-order valence-corrected chi connectivity index (χ3v) is 9.10. The van der Waals surface area contributed by atoms with Gasteiger partial charge < -0.3 is 15.1 Å².